The summed E-state index contributed by atoms with van der Waals surface area (Å²) in [6.07, 6.45) is 4.67. The largest absolute Gasteiger partial charge is 0.352 e. The van der Waals surface area contributed by atoms with Crippen LogP contribution in [0.1, 0.15) is 19.3 Å². The molecule has 0 unspecified atom stereocenters. The standard InChI is InChI=1S/C11H16N4O2/c12-7-9-3-1-2-6-14(9)11-5-4-10(8-13-11)15(16)17/h4-5,8-9H,1-3,6-7,12H2/t9-/m0/s1. The van der Waals surface area contributed by atoms with Gasteiger partial charge in [-0.3, -0.25) is 10.1 Å². The van der Waals surface area contributed by atoms with Crippen molar-refractivity contribution >= 4 is 11.5 Å². The second-order valence-electron chi connectivity index (χ2n) is 4.21. The van der Waals surface area contributed by atoms with Crippen LogP contribution in [-0.4, -0.2) is 29.0 Å². The Hall–Kier alpha value is -1.69. The number of nitro groups is 1. The highest BCUT2D eigenvalue weighted by molar-refractivity contribution is 5.44. The number of anilines is 1. The van der Waals surface area contributed by atoms with Crippen LogP contribution in [0.3, 0.4) is 0 Å². The van der Waals surface area contributed by atoms with Crippen molar-refractivity contribution in [3.63, 3.8) is 0 Å². The van der Waals surface area contributed by atoms with Crippen molar-refractivity contribution in [1.29, 1.82) is 0 Å². The maximum Gasteiger partial charge on any atom is 0.287 e. The second kappa shape index (κ2) is 5.09. The Morgan fingerprint density at radius 3 is 2.94 bits per heavy atom. The van der Waals surface area contributed by atoms with Crippen LogP contribution in [0.2, 0.25) is 0 Å². The Balaban J connectivity index is 2.17. The molecule has 1 fully saturated rings. The normalized spacial score (nSPS) is 20.3. The number of aromatic nitrogens is 1. The van der Waals surface area contributed by atoms with Gasteiger partial charge >= 0.3 is 0 Å². The number of nitrogens with zero attached hydrogens (tertiary/aromatic N) is 3. The van der Waals surface area contributed by atoms with Gasteiger partial charge in [-0.05, 0) is 25.3 Å². The molecule has 2 rings (SSSR count). The zero-order valence-electron chi connectivity index (χ0n) is 9.58. The molecule has 1 aliphatic rings. The summed E-state index contributed by atoms with van der Waals surface area (Å²) in [4.78, 5) is 16.4. The molecular formula is C11H16N4O2. The molecule has 92 valence electrons. The van der Waals surface area contributed by atoms with E-state index in [1.807, 2.05) is 0 Å². The topological polar surface area (TPSA) is 85.3 Å². The smallest absolute Gasteiger partial charge is 0.287 e. The molecule has 1 atom stereocenters. The number of hydrogen-bond acceptors (Lipinski definition) is 5. The van der Waals surface area contributed by atoms with Gasteiger partial charge in [0.15, 0.2) is 0 Å². The molecule has 0 spiro atoms. The van der Waals surface area contributed by atoms with E-state index in [4.69, 9.17) is 5.73 Å². The van der Waals surface area contributed by atoms with Crippen LogP contribution in [0.25, 0.3) is 0 Å². The minimum absolute atomic E-state index is 0.0232. The van der Waals surface area contributed by atoms with Crippen LogP contribution >= 0.6 is 0 Å². The van der Waals surface area contributed by atoms with Gasteiger partial charge in [0, 0.05) is 25.2 Å². The van der Waals surface area contributed by atoms with Crippen molar-refractivity contribution in [2.45, 2.75) is 25.3 Å². The second-order valence-corrected chi connectivity index (χ2v) is 4.21. The van der Waals surface area contributed by atoms with E-state index in [2.05, 4.69) is 9.88 Å². The third kappa shape index (κ3) is 2.52. The molecule has 2 heterocycles. The Morgan fingerprint density at radius 2 is 2.35 bits per heavy atom. The Labute approximate surface area is 99.6 Å². The average molecular weight is 236 g/mol. The van der Waals surface area contributed by atoms with Crippen molar-refractivity contribution in [2.75, 3.05) is 18.0 Å². The summed E-state index contributed by atoms with van der Waals surface area (Å²) in [5.41, 5.74) is 5.75. The van der Waals surface area contributed by atoms with Crippen molar-refractivity contribution in [1.82, 2.24) is 4.98 Å². The first-order valence-corrected chi connectivity index (χ1v) is 5.79. The molecule has 0 radical (unpaired) electrons. The van der Waals surface area contributed by atoms with E-state index in [0.717, 1.165) is 25.2 Å². The molecule has 6 heteroatoms. The van der Waals surface area contributed by atoms with Crippen molar-refractivity contribution in [3.8, 4) is 0 Å². The summed E-state index contributed by atoms with van der Waals surface area (Å²) in [6.45, 7) is 1.52. The molecule has 17 heavy (non-hydrogen) atoms. The maximum atomic E-state index is 10.5. The van der Waals surface area contributed by atoms with E-state index in [1.165, 1.54) is 18.7 Å². The van der Waals surface area contributed by atoms with E-state index in [1.54, 1.807) is 6.07 Å². The van der Waals surface area contributed by atoms with E-state index in [0.29, 0.717) is 12.6 Å². The van der Waals surface area contributed by atoms with Crippen molar-refractivity contribution in [2.24, 2.45) is 5.73 Å². The fraction of sp³-hybridized carbons (Fsp3) is 0.545. The lowest BCUT2D eigenvalue weighted by Gasteiger charge is -2.35. The van der Waals surface area contributed by atoms with Crippen LogP contribution in [0.5, 0.6) is 0 Å². The van der Waals surface area contributed by atoms with Crippen LogP contribution in [0.4, 0.5) is 11.5 Å². The molecule has 1 aromatic heterocycles. The highest BCUT2D eigenvalue weighted by Gasteiger charge is 2.22. The maximum absolute atomic E-state index is 10.5. The van der Waals surface area contributed by atoms with Gasteiger partial charge in [-0.1, -0.05) is 0 Å². The predicted octanol–water partition coefficient (Wildman–Crippen LogP) is 1.31. The van der Waals surface area contributed by atoms with Crippen LogP contribution in [-0.2, 0) is 0 Å². The lowest BCUT2D eigenvalue weighted by molar-refractivity contribution is -0.385. The minimum atomic E-state index is -0.437. The lowest BCUT2D eigenvalue weighted by atomic mass is 10.0. The number of piperidine rings is 1. The Morgan fingerprint density at radius 1 is 1.53 bits per heavy atom. The van der Waals surface area contributed by atoms with Gasteiger partial charge in [-0.15, -0.1) is 0 Å². The first-order valence-electron chi connectivity index (χ1n) is 5.79. The highest BCUT2D eigenvalue weighted by Crippen LogP contribution is 2.23. The minimum Gasteiger partial charge on any atom is -0.352 e. The van der Waals surface area contributed by atoms with E-state index in [9.17, 15) is 10.1 Å². The predicted molar refractivity (Wildman–Crippen MR) is 64.9 cm³/mol. The van der Waals surface area contributed by atoms with Crippen LogP contribution in [0.15, 0.2) is 18.3 Å². The Bertz CT molecular complexity index is 393. The summed E-state index contributed by atoms with van der Waals surface area (Å²) < 4.78 is 0. The van der Waals surface area contributed by atoms with Crippen LogP contribution < -0.4 is 10.6 Å². The summed E-state index contributed by atoms with van der Waals surface area (Å²) in [6, 6.07) is 3.49. The van der Waals surface area contributed by atoms with Gasteiger partial charge in [0.05, 0.1) is 4.92 Å². The monoisotopic (exact) mass is 236 g/mol. The van der Waals surface area contributed by atoms with Gasteiger partial charge < -0.3 is 10.6 Å². The summed E-state index contributed by atoms with van der Waals surface area (Å²) in [5, 5.41) is 10.5. The fourth-order valence-corrected chi connectivity index (χ4v) is 2.20. The molecular weight excluding hydrogens is 220 g/mol. The summed E-state index contributed by atoms with van der Waals surface area (Å²) >= 11 is 0. The number of hydrogen-bond donors (Lipinski definition) is 1. The van der Waals surface area contributed by atoms with E-state index >= 15 is 0 Å². The molecule has 0 aliphatic carbocycles. The first kappa shape index (κ1) is 11.8. The molecule has 0 amide bonds. The zero-order chi connectivity index (χ0) is 12.3. The third-order valence-electron chi connectivity index (χ3n) is 3.14. The molecule has 1 saturated heterocycles. The lowest BCUT2D eigenvalue weighted by Crippen LogP contribution is -2.44. The average Bonchev–Trinajstić information content (AvgIpc) is 2.39. The van der Waals surface area contributed by atoms with Gasteiger partial charge in [-0.25, -0.2) is 4.98 Å². The molecule has 1 aliphatic heterocycles. The molecule has 6 nitrogen and oxygen atoms in total. The summed E-state index contributed by atoms with van der Waals surface area (Å²) in [5.74, 6) is 0.783. The SMILES string of the molecule is NC[C@@H]1CCCCN1c1ccc([N+](=O)[O-])cn1. The number of pyridine rings is 1. The molecule has 0 saturated carbocycles. The molecule has 0 bridgehead atoms. The summed E-state index contributed by atoms with van der Waals surface area (Å²) in [7, 11) is 0. The fourth-order valence-electron chi connectivity index (χ4n) is 2.20. The van der Waals surface area contributed by atoms with Crippen LogP contribution in [0, 0.1) is 10.1 Å². The van der Waals surface area contributed by atoms with E-state index in [-0.39, 0.29) is 5.69 Å². The van der Waals surface area contributed by atoms with Gasteiger partial charge in [0.1, 0.15) is 12.0 Å². The first-order chi connectivity index (χ1) is 8.22. The molecule has 2 N–H and O–H groups in total. The zero-order valence-corrected chi connectivity index (χ0v) is 9.58. The molecule has 1 aromatic rings. The van der Waals surface area contributed by atoms with Gasteiger partial charge in [-0.2, -0.15) is 0 Å². The van der Waals surface area contributed by atoms with E-state index < -0.39 is 4.92 Å². The quantitative estimate of drug-likeness (QED) is 0.631. The van der Waals surface area contributed by atoms with Gasteiger partial charge in [0.2, 0.25) is 0 Å². The number of nitrogens with two attached hydrogens (primary N) is 1. The van der Waals surface area contributed by atoms with Gasteiger partial charge in [0.25, 0.3) is 5.69 Å². The molecule has 0 aromatic carbocycles. The Kier molecular flexibility index (Phi) is 3.53. The van der Waals surface area contributed by atoms with Crippen molar-refractivity contribution in [3.05, 3.63) is 28.4 Å². The number of rotatable bonds is 3. The highest BCUT2D eigenvalue weighted by atomic mass is 16.6. The third-order valence-corrected chi connectivity index (χ3v) is 3.14. The van der Waals surface area contributed by atoms with Crippen molar-refractivity contribution < 1.29 is 4.92 Å².